The Bertz CT molecular complexity index is 823. The van der Waals surface area contributed by atoms with Crippen molar-refractivity contribution in [2.24, 2.45) is 0 Å². The summed E-state index contributed by atoms with van der Waals surface area (Å²) in [7, 11) is 1.59. The van der Waals surface area contributed by atoms with E-state index < -0.39 is 6.43 Å². The van der Waals surface area contributed by atoms with Gasteiger partial charge in [0.25, 0.3) is 6.43 Å². The maximum Gasteiger partial charge on any atom is 0.263 e. The van der Waals surface area contributed by atoms with Gasteiger partial charge in [-0.15, -0.1) is 0 Å². The summed E-state index contributed by atoms with van der Waals surface area (Å²) in [5, 5.41) is 0. The van der Waals surface area contributed by atoms with Gasteiger partial charge in [0.15, 0.2) is 0 Å². The second-order valence-electron chi connectivity index (χ2n) is 5.18. The Morgan fingerprint density at radius 2 is 1.75 bits per heavy atom. The molecule has 0 saturated carbocycles. The maximum atomic E-state index is 12.7. The van der Waals surface area contributed by atoms with Gasteiger partial charge in [-0.25, -0.2) is 18.7 Å². The van der Waals surface area contributed by atoms with Crippen LogP contribution < -0.4 is 4.74 Å². The lowest BCUT2D eigenvalue weighted by Gasteiger charge is -2.11. The molecule has 3 rings (SSSR count). The predicted octanol–water partition coefficient (Wildman–Crippen LogP) is 4.08. The zero-order chi connectivity index (χ0) is 16.9. The van der Waals surface area contributed by atoms with Gasteiger partial charge in [0.2, 0.25) is 0 Å². The average molecular weight is 327 g/mol. The molecule has 0 aliphatic heterocycles. The zero-order valence-corrected chi connectivity index (χ0v) is 13.0. The number of aromatic nitrogens is 3. The third-order valence-corrected chi connectivity index (χ3v) is 3.69. The molecule has 0 saturated heterocycles. The number of hydrogen-bond donors (Lipinski definition) is 0. The quantitative estimate of drug-likeness (QED) is 0.708. The number of ether oxygens (including phenoxy) is 1. The minimum absolute atomic E-state index is 0.00981. The van der Waals surface area contributed by atoms with E-state index in [2.05, 4.69) is 15.0 Å². The van der Waals surface area contributed by atoms with Crippen molar-refractivity contribution < 1.29 is 13.5 Å². The summed E-state index contributed by atoms with van der Waals surface area (Å²) in [6, 6.07) is 8.02. The van der Waals surface area contributed by atoms with Crippen LogP contribution in [0.25, 0.3) is 11.1 Å². The average Bonchev–Trinajstić information content (AvgIpc) is 2.62. The molecule has 3 aromatic rings. The normalized spacial score (nSPS) is 10.8. The van der Waals surface area contributed by atoms with E-state index in [4.69, 9.17) is 4.74 Å². The topological polar surface area (TPSA) is 47.9 Å². The molecule has 0 fully saturated rings. The number of halogens is 2. The monoisotopic (exact) mass is 327 g/mol. The molecular weight excluding hydrogens is 312 g/mol. The molecule has 2 heterocycles. The molecule has 122 valence electrons. The number of nitrogens with zero attached hydrogens (tertiary/aromatic N) is 3. The smallest absolute Gasteiger partial charge is 0.263 e. The van der Waals surface area contributed by atoms with Gasteiger partial charge in [-0.05, 0) is 11.6 Å². The lowest BCUT2D eigenvalue weighted by Crippen LogP contribution is -1.99. The third kappa shape index (κ3) is 3.37. The first-order valence-electron chi connectivity index (χ1n) is 7.33. The van der Waals surface area contributed by atoms with Gasteiger partial charge in [0, 0.05) is 41.7 Å². The highest BCUT2D eigenvalue weighted by molar-refractivity contribution is 5.71. The Balaban J connectivity index is 1.95. The highest BCUT2D eigenvalue weighted by atomic mass is 19.3. The Kier molecular flexibility index (Phi) is 4.74. The molecule has 2 aromatic heterocycles. The van der Waals surface area contributed by atoms with Crippen molar-refractivity contribution in [3.8, 4) is 16.9 Å². The SMILES string of the molecule is COc1ccncc1-c1cncnc1Cc1ccc(C(F)F)cc1. The molecule has 0 atom stereocenters. The molecular formula is C18H15F2N3O. The van der Waals surface area contributed by atoms with Crippen LogP contribution in [0.15, 0.2) is 55.2 Å². The fourth-order valence-corrected chi connectivity index (χ4v) is 2.46. The van der Waals surface area contributed by atoms with Crippen molar-refractivity contribution in [2.75, 3.05) is 7.11 Å². The molecule has 0 aliphatic rings. The largest absolute Gasteiger partial charge is 0.496 e. The van der Waals surface area contributed by atoms with Crippen molar-refractivity contribution >= 4 is 0 Å². The molecule has 24 heavy (non-hydrogen) atoms. The summed E-state index contributed by atoms with van der Waals surface area (Å²) < 4.78 is 30.7. The summed E-state index contributed by atoms with van der Waals surface area (Å²) in [6.07, 6.45) is 4.55. The van der Waals surface area contributed by atoms with Crippen LogP contribution in [-0.4, -0.2) is 22.1 Å². The van der Waals surface area contributed by atoms with E-state index in [1.807, 2.05) is 0 Å². The van der Waals surface area contributed by atoms with E-state index in [0.29, 0.717) is 12.2 Å². The van der Waals surface area contributed by atoms with Crippen molar-refractivity contribution in [3.05, 3.63) is 72.1 Å². The molecule has 0 amide bonds. The van der Waals surface area contributed by atoms with E-state index in [9.17, 15) is 8.78 Å². The number of methoxy groups -OCH3 is 1. The van der Waals surface area contributed by atoms with Crippen LogP contribution in [0.2, 0.25) is 0 Å². The third-order valence-electron chi connectivity index (χ3n) is 3.69. The van der Waals surface area contributed by atoms with Crippen molar-refractivity contribution in [1.82, 2.24) is 15.0 Å². The van der Waals surface area contributed by atoms with E-state index in [1.54, 1.807) is 43.9 Å². The van der Waals surface area contributed by atoms with Gasteiger partial charge in [0.05, 0.1) is 12.8 Å². The second kappa shape index (κ2) is 7.12. The summed E-state index contributed by atoms with van der Waals surface area (Å²) in [5.41, 5.74) is 3.28. The Morgan fingerprint density at radius 3 is 2.46 bits per heavy atom. The van der Waals surface area contributed by atoms with Crippen LogP contribution in [0.1, 0.15) is 23.2 Å². The Labute approximate surface area is 138 Å². The van der Waals surface area contributed by atoms with Gasteiger partial charge >= 0.3 is 0 Å². The fraction of sp³-hybridized carbons (Fsp3) is 0.167. The summed E-state index contributed by atoms with van der Waals surface area (Å²) in [6.45, 7) is 0. The lowest BCUT2D eigenvalue weighted by molar-refractivity contribution is 0.151. The number of rotatable bonds is 5. The van der Waals surface area contributed by atoms with Gasteiger partial charge < -0.3 is 4.74 Å². The highest BCUT2D eigenvalue weighted by Gasteiger charge is 2.13. The van der Waals surface area contributed by atoms with Crippen LogP contribution in [0.4, 0.5) is 8.78 Å². The summed E-state index contributed by atoms with van der Waals surface area (Å²) >= 11 is 0. The van der Waals surface area contributed by atoms with Crippen LogP contribution in [0, 0.1) is 0 Å². The number of alkyl halides is 2. The van der Waals surface area contributed by atoms with Gasteiger partial charge in [-0.3, -0.25) is 4.98 Å². The molecule has 4 nitrogen and oxygen atoms in total. The van der Waals surface area contributed by atoms with Gasteiger partial charge in [-0.1, -0.05) is 24.3 Å². The number of hydrogen-bond acceptors (Lipinski definition) is 4. The molecule has 0 spiro atoms. The lowest BCUT2D eigenvalue weighted by atomic mass is 10.0. The van der Waals surface area contributed by atoms with E-state index >= 15 is 0 Å². The Hall–Kier alpha value is -2.89. The van der Waals surface area contributed by atoms with E-state index in [0.717, 1.165) is 22.4 Å². The molecule has 1 aromatic carbocycles. The summed E-state index contributed by atoms with van der Waals surface area (Å²) in [5.74, 6) is 0.675. The van der Waals surface area contributed by atoms with Crippen LogP contribution in [-0.2, 0) is 6.42 Å². The molecule has 0 radical (unpaired) electrons. The minimum Gasteiger partial charge on any atom is -0.496 e. The van der Waals surface area contributed by atoms with Crippen LogP contribution in [0.3, 0.4) is 0 Å². The molecule has 0 N–H and O–H groups in total. The van der Waals surface area contributed by atoms with Crippen molar-refractivity contribution in [3.63, 3.8) is 0 Å². The zero-order valence-electron chi connectivity index (χ0n) is 13.0. The van der Waals surface area contributed by atoms with E-state index in [-0.39, 0.29) is 5.56 Å². The molecule has 6 heteroatoms. The standard InChI is InChI=1S/C18H15F2N3O/c1-24-17-6-7-21-10-15(17)14-9-22-11-23-16(14)8-12-2-4-13(5-3-12)18(19)20/h2-7,9-11,18H,8H2,1H3. The van der Waals surface area contributed by atoms with E-state index in [1.165, 1.54) is 18.5 Å². The van der Waals surface area contributed by atoms with Crippen LogP contribution in [0.5, 0.6) is 5.75 Å². The number of benzene rings is 1. The number of pyridine rings is 1. The first kappa shape index (κ1) is 16.0. The molecule has 0 unspecified atom stereocenters. The van der Waals surface area contributed by atoms with Gasteiger partial charge in [-0.2, -0.15) is 0 Å². The van der Waals surface area contributed by atoms with Crippen LogP contribution >= 0.6 is 0 Å². The minimum atomic E-state index is -2.46. The maximum absolute atomic E-state index is 12.7. The Morgan fingerprint density at radius 1 is 1.00 bits per heavy atom. The highest BCUT2D eigenvalue weighted by Crippen LogP contribution is 2.31. The summed E-state index contributed by atoms with van der Waals surface area (Å²) in [4.78, 5) is 12.6. The first-order valence-corrected chi connectivity index (χ1v) is 7.33. The fourth-order valence-electron chi connectivity index (χ4n) is 2.46. The van der Waals surface area contributed by atoms with Crippen molar-refractivity contribution in [1.29, 1.82) is 0 Å². The van der Waals surface area contributed by atoms with Gasteiger partial charge in [0.1, 0.15) is 12.1 Å². The second-order valence-corrected chi connectivity index (χ2v) is 5.18. The molecule has 0 aliphatic carbocycles. The first-order chi connectivity index (χ1) is 11.7. The predicted molar refractivity (Wildman–Crippen MR) is 86.0 cm³/mol. The van der Waals surface area contributed by atoms with Crippen molar-refractivity contribution in [2.45, 2.75) is 12.8 Å². The molecule has 0 bridgehead atoms.